The molecule has 1 aliphatic rings. The molecule has 0 radical (unpaired) electrons. The lowest BCUT2D eigenvalue weighted by atomic mass is 10.2. The number of nitrogens with one attached hydrogen (secondary N) is 2. The summed E-state index contributed by atoms with van der Waals surface area (Å²) in [4.78, 5) is 22.5. The standard InChI is InChI=1S/C23H29N5O3S/c1-15-8-9-16(2)19(13-15)32(30,31)25-11-10-24-23(29)18-14-17(3)26-22-21(18)27-20-7-5-4-6-12-28(20)22/h8-9,13-14,25H,4-7,10-12H2,1-3H3,(H,24,29). The monoisotopic (exact) mass is 455 g/mol. The quantitative estimate of drug-likeness (QED) is 0.556. The first-order chi connectivity index (χ1) is 15.3. The van der Waals surface area contributed by atoms with Crippen LogP contribution in [0, 0.1) is 20.8 Å². The molecule has 0 saturated carbocycles. The van der Waals surface area contributed by atoms with Crippen LogP contribution in [0.2, 0.25) is 0 Å². The van der Waals surface area contributed by atoms with Crippen molar-refractivity contribution in [3.05, 3.63) is 52.5 Å². The molecule has 2 N–H and O–H groups in total. The van der Waals surface area contributed by atoms with Crippen LogP contribution >= 0.6 is 0 Å². The van der Waals surface area contributed by atoms with Crippen LogP contribution in [-0.2, 0) is 23.0 Å². The Morgan fingerprint density at radius 2 is 1.88 bits per heavy atom. The predicted molar refractivity (Wildman–Crippen MR) is 123 cm³/mol. The molecule has 9 heteroatoms. The van der Waals surface area contributed by atoms with E-state index in [0.717, 1.165) is 48.5 Å². The smallest absolute Gasteiger partial charge is 0.253 e. The van der Waals surface area contributed by atoms with Gasteiger partial charge in [-0.1, -0.05) is 18.6 Å². The van der Waals surface area contributed by atoms with E-state index in [1.54, 1.807) is 25.1 Å². The zero-order chi connectivity index (χ0) is 22.9. The maximum absolute atomic E-state index is 12.9. The number of hydrogen-bond donors (Lipinski definition) is 2. The fourth-order valence-corrected chi connectivity index (χ4v) is 5.48. The molecule has 4 rings (SSSR count). The summed E-state index contributed by atoms with van der Waals surface area (Å²) in [7, 11) is -3.65. The third kappa shape index (κ3) is 4.54. The molecule has 0 atom stereocenters. The van der Waals surface area contributed by atoms with E-state index in [4.69, 9.17) is 4.98 Å². The van der Waals surface area contributed by atoms with Crippen molar-refractivity contribution in [2.24, 2.45) is 0 Å². The topological polar surface area (TPSA) is 106 Å². The number of benzene rings is 1. The van der Waals surface area contributed by atoms with E-state index >= 15 is 0 Å². The van der Waals surface area contributed by atoms with E-state index in [1.807, 2.05) is 19.9 Å². The lowest BCUT2D eigenvalue weighted by Gasteiger charge is -2.11. The van der Waals surface area contributed by atoms with Crippen molar-refractivity contribution < 1.29 is 13.2 Å². The van der Waals surface area contributed by atoms with Gasteiger partial charge < -0.3 is 9.88 Å². The van der Waals surface area contributed by atoms with Crippen molar-refractivity contribution in [1.29, 1.82) is 0 Å². The molecule has 1 aliphatic heterocycles. The highest BCUT2D eigenvalue weighted by Crippen LogP contribution is 2.24. The second-order valence-corrected chi connectivity index (χ2v) is 10.1. The molecule has 0 aliphatic carbocycles. The van der Waals surface area contributed by atoms with Gasteiger partial charge in [0.1, 0.15) is 11.3 Å². The summed E-state index contributed by atoms with van der Waals surface area (Å²) >= 11 is 0. The summed E-state index contributed by atoms with van der Waals surface area (Å²) < 4.78 is 30.0. The number of imidazole rings is 1. The minimum atomic E-state index is -3.65. The van der Waals surface area contributed by atoms with Crippen LogP contribution in [0.5, 0.6) is 0 Å². The van der Waals surface area contributed by atoms with Crippen molar-refractivity contribution in [2.45, 2.75) is 57.9 Å². The molecule has 0 saturated heterocycles. The Morgan fingerprint density at radius 1 is 1.06 bits per heavy atom. The number of sulfonamides is 1. The first-order valence-electron chi connectivity index (χ1n) is 11.0. The predicted octanol–water partition coefficient (Wildman–Crippen LogP) is 2.79. The zero-order valence-electron chi connectivity index (χ0n) is 18.7. The van der Waals surface area contributed by atoms with Crippen LogP contribution in [0.1, 0.15) is 52.3 Å². The number of amides is 1. The SMILES string of the molecule is Cc1ccc(C)c(S(=O)(=O)NCCNC(=O)c2cc(C)nc3c2nc2n3CCCCC2)c1. The van der Waals surface area contributed by atoms with Crippen LogP contribution in [0.3, 0.4) is 0 Å². The van der Waals surface area contributed by atoms with E-state index in [0.29, 0.717) is 16.6 Å². The van der Waals surface area contributed by atoms with Crippen LogP contribution < -0.4 is 10.0 Å². The fraction of sp³-hybridized carbons (Fsp3) is 0.435. The molecule has 0 spiro atoms. The van der Waals surface area contributed by atoms with Gasteiger partial charge in [0.05, 0.1) is 10.5 Å². The molecule has 1 aromatic carbocycles. The Labute approximate surface area is 188 Å². The molecule has 0 fully saturated rings. The molecular weight excluding hydrogens is 426 g/mol. The van der Waals surface area contributed by atoms with E-state index in [1.165, 1.54) is 6.42 Å². The molecule has 0 bridgehead atoms. The molecule has 3 aromatic rings. The summed E-state index contributed by atoms with van der Waals surface area (Å²) in [6.07, 6.45) is 4.22. The summed E-state index contributed by atoms with van der Waals surface area (Å²) in [5.41, 5.74) is 4.15. The molecule has 1 amide bonds. The van der Waals surface area contributed by atoms with Gasteiger partial charge in [-0.25, -0.2) is 23.1 Å². The normalized spacial score (nSPS) is 14.2. The first-order valence-corrected chi connectivity index (χ1v) is 12.5. The van der Waals surface area contributed by atoms with Crippen molar-refractivity contribution in [1.82, 2.24) is 24.6 Å². The molecule has 8 nitrogen and oxygen atoms in total. The number of rotatable bonds is 6. The Morgan fingerprint density at radius 3 is 2.69 bits per heavy atom. The van der Waals surface area contributed by atoms with Gasteiger partial charge in [0.15, 0.2) is 5.65 Å². The molecule has 32 heavy (non-hydrogen) atoms. The molecule has 2 aromatic heterocycles. The van der Waals surface area contributed by atoms with Crippen LogP contribution in [0.15, 0.2) is 29.2 Å². The lowest BCUT2D eigenvalue weighted by Crippen LogP contribution is -2.35. The minimum absolute atomic E-state index is 0.0916. The van der Waals surface area contributed by atoms with Gasteiger partial charge in [-0.05, 0) is 56.9 Å². The van der Waals surface area contributed by atoms with Crippen molar-refractivity contribution in [3.63, 3.8) is 0 Å². The van der Waals surface area contributed by atoms with Crippen molar-refractivity contribution in [2.75, 3.05) is 13.1 Å². The van der Waals surface area contributed by atoms with E-state index < -0.39 is 10.0 Å². The average molecular weight is 456 g/mol. The third-order valence-electron chi connectivity index (χ3n) is 5.77. The van der Waals surface area contributed by atoms with Crippen LogP contribution in [-0.4, -0.2) is 41.9 Å². The Hall–Kier alpha value is -2.78. The van der Waals surface area contributed by atoms with E-state index in [-0.39, 0.29) is 23.9 Å². The summed E-state index contributed by atoms with van der Waals surface area (Å²) in [5.74, 6) is 0.700. The number of carbonyl (C=O) groups is 1. The number of fused-ring (bicyclic) bond motifs is 3. The van der Waals surface area contributed by atoms with Gasteiger partial charge in [0.2, 0.25) is 10.0 Å². The highest BCUT2D eigenvalue weighted by atomic mass is 32.2. The molecule has 0 unspecified atom stereocenters. The minimum Gasteiger partial charge on any atom is -0.351 e. The number of carbonyl (C=O) groups excluding carboxylic acids is 1. The first kappa shape index (κ1) is 22.4. The number of aryl methyl sites for hydroxylation is 5. The van der Waals surface area contributed by atoms with Gasteiger partial charge in [-0.3, -0.25) is 4.79 Å². The summed E-state index contributed by atoms with van der Waals surface area (Å²) in [6, 6.07) is 7.05. The molecule has 3 heterocycles. The van der Waals surface area contributed by atoms with Gasteiger partial charge in [0, 0.05) is 31.7 Å². The maximum atomic E-state index is 12.9. The number of pyridine rings is 1. The van der Waals surface area contributed by atoms with Crippen molar-refractivity contribution >= 4 is 27.1 Å². The number of nitrogens with zero attached hydrogens (tertiary/aromatic N) is 3. The lowest BCUT2D eigenvalue weighted by molar-refractivity contribution is 0.0955. The van der Waals surface area contributed by atoms with E-state index in [9.17, 15) is 13.2 Å². The Balaban J connectivity index is 1.46. The maximum Gasteiger partial charge on any atom is 0.253 e. The summed E-state index contributed by atoms with van der Waals surface area (Å²) in [6.45, 7) is 6.60. The highest BCUT2D eigenvalue weighted by Gasteiger charge is 2.21. The van der Waals surface area contributed by atoms with Gasteiger partial charge in [-0.2, -0.15) is 0 Å². The zero-order valence-corrected chi connectivity index (χ0v) is 19.6. The largest absolute Gasteiger partial charge is 0.351 e. The Kier molecular flexibility index (Phi) is 6.30. The van der Waals surface area contributed by atoms with Crippen LogP contribution in [0.25, 0.3) is 11.2 Å². The van der Waals surface area contributed by atoms with E-state index in [2.05, 4.69) is 19.6 Å². The number of hydrogen-bond acceptors (Lipinski definition) is 5. The molecular formula is C23H29N5O3S. The summed E-state index contributed by atoms with van der Waals surface area (Å²) in [5, 5.41) is 2.82. The van der Waals surface area contributed by atoms with Gasteiger partial charge in [0.25, 0.3) is 5.91 Å². The average Bonchev–Trinajstić information content (AvgIpc) is 2.93. The van der Waals surface area contributed by atoms with Gasteiger partial charge >= 0.3 is 0 Å². The second kappa shape index (κ2) is 8.99. The number of aromatic nitrogens is 3. The van der Waals surface area contributed by atoms with Gasteiger partial charge in [-0.15, -0.1) is 0 Å². The Bertz CT molecular complexity index is 1280. The second-order valence-electron chi connectivity index (χ2n) is 8.40. The van der Waals surface area contributed by atoms with Crippen molar-refractivity contribution in [3.8, 4) is 0 Å². The highest BCUT2D eigenvalue weighted by molar-refractivity contribution is 7.89. The van der Waals surface area contributed by atoms with Crippen LogP contribution in [0.4, 0.5) is 0 Å². The molecule has 170 valence electrons. The third-order valence-corrected chi connectivity index (χ3v) is 7.38. The fourth-order valence-electron chi connectivity index (χ4n) is 4.12.